The van der Waals surface area contributed by atoms with Crippen LogP contribution in [0, 0.1) is 5.92 Å². The van der Waals surface area contributed by atoms with Crippen LogP contribution in [0.25, 0.3) is 0 Å². The molecule has 1 aliphatic heterocycles. The zero-order chi connectivity index (χ0) is 9.14. The molecule has 0 aromatic rings. The van der Waals surface area contributed by atoms with Crippen LogP contribution in [0.5, 0.6) is 0 Å². The van der Waals surface area contributed by atoms with Crippen molar-refractivity contribution < 1.29 is 4.79 Å². The van der Waals surface area contributed by atoms with Gasteiger partial charge in [0.1, 0.15) is 0 Å². The number of carbonyl (C=O) groups excluding carboxylic acids is 1. The summed E-state index contributed by atoms with van der Waals surface area (Å²) in [5, 5.41) is 0. The summed E-state index contributed by atoms with van der Waals surface area (Å²) in [6.45, 7) is 6.35. The van der Waals surface area contributed by atoms with Crippen molar-refractivity contribution in [3.05, 3.63) is 0 Å². The second kappa shape index (κ2) is 3.90. The Bertz CT molecular complexity index is 168. The molecule has 0 aliphatic carbocycles. The number of nitrogens with two attached hydrogens (primary N) is 1. The molecule has 1 unspecified atom stereocenters. The molecule has 2 N–H and O–H groups in total. The van der Waals surface area contributed by atoms with E-state index in [2.05, 4.69) is 18.7 Å². The van der Waals surface area contributed by atoms with Crippen LogP contribution < -0.4 is 5.73 Å². The molecule has 1 amide bonds. The van der Waals surface area contributed by atoms with Gasteiger partial charge in [-0.1, -0.05) is 13.8 Å². The van der Waals surface area contributed by atoms with Crippen LogP contribution in [0.1, 0.15) is 26.7 Å². The van der Waals surface area contributed by atoms with Gasteiger partial charge in [-0.25, -0.2) is 0 Å². The molecule has 1 rings (SSSR count). The summed E-state index contributed by atoms with van der Waals surface area (Å²) >= 11 is 0. The van der Waals surface area contributed by atoms with Crippen molar-refractivity contribution in [1.82, 2.24) is 4.90 Å². The first kappa shape index (κ1) is 9.52. The van der Waals surface area contributed by atoms with Gasteiger partial charge in [0.15, 0.2) is 0 Å². The normalized spacial score (nSPS) is 25.1. The minimum absolute atomic E-state index is 0.00685. The number of hydrogen-bond acceptors (Lipinski definition) is 2. The number of primary amides is 1. The van der Waals surface area contributed by atoms with Gasteiger partial charge in [-0.3, -0.25) is 9.69 Å². The Labute approximate surface area is 73.9 Å². The van der Waals surface area contributed by atoms with Crippen molar-refractivity contribution in [1.29, 1.82) is 0 Å². The zero-order valence-electron chi connectivity index (χ0n) is 7.92. The van der Waals surface area contributed by atoms with Gasteiger partial charge in [0, 0.05) is 6.54 Å². The second-order valence-electron chi connectivity index (χ2n) is 3.95. The summed E-state index contributed by atoms with van der Waals surface area (Å²) in [5.41, 5.74) is 5.28. The zero-order valence-corrected chi connectivity index (χ0v) is 7.92. The largest absolute Gasteiger partial charge is 0.368 e. The van der Waals surface area contributed by atoms with Gasteiger partial charge in [0.2, 0.25) is 5.91 Å². The summed E-state index contributed by atoms with van der Waals surface area (Å²) < 4.78 is 0. The van der Waals surface area contributed by atoms with Crippen molar-refractivity contribution in [3.8, 4) is 0 Å². The molecule has 70 valence electrons. The van der Waals surface area contributed by atoms with Crippen LogP contribution in [-0.2, 0) is 4.79 Å². The molecule has 12 heavy (non-hydrogen) atoms. The maximum Gasteiger partial charge on any atom is 0.234 e. The van der Waals surface area contributed by atoms with Crippen molar-refractivity contribution in [2.45, 2.75) is 32.7 Å². The fourth-order valence-electron chi connectivity index (χ4n) is 1.84. The highest BCUT2D eigenvalue weighted by atomic mass is 16.2. The number of hydrogen-bond donors (Lipinski definition) is 1. The van der Waals surface area contributed by atoms with Crippen LogP contribution in [0.4, 0.5) is 0 Å². The average Bonchev–Trinajstić information content (AvgIpc) is 2.33. The Morgan fingerprint density at radius 1 is 1.67 bits per heavy atom. The summed E-state index contributed by atoms with van der Waals surface area (Å²) in [7, 11) is 0. The summed E-state index contributed by atoms with van der Waals surface area (Å²) in [6.07, 6.45) is 2.06. The molecule has 1 aliphatic rings. The first-order valence-electron chi connectivity index (χ1n) is 4.64. The van der Waals surface area contributed by atoms with Gasteiger partial charge in [-0.15, -0.1) is 0 Å². The first-order chi connectivity index (χ1) is 5.61. The molecule has 0 spiro atoms. The number of nitrogens with zero attached hydrogens (tertiary/aromatic N) is 1. The van der Waals surface area contributed by atoms with Crippen molar-refractivity contribution in [3.63, 3.8) is 0 Å². The molecule has 0 bridgehead atoms. The molecule has 1 atom stereocenters. The van der Waals surface area contributed by atoms with Gasteiger partial charge < -0.3 is 5.73 Å². The van der Waals surface area contributed by atoms with E-state index < -0.39 is 0 Å². The fraction of sp³-hybridized carbons (Fsp3) is 0.889. The molecule has 0 aromatic carbocycles. The third-order valence-electron chi connectivity index (χ3n) is 2.29. The first-order valence-corrected chi connectivity index (χ1v) is 4.64. The molecule has 3 nitrogen and oxygen atoms in total. The van der Waals surface area contributed by atoms with Crippen LogP contribution in [0.3, 0.4) is 0 Å². The van der Waals surface area contributed by atoms with Gasteiger partial charge in [-0.2, -0.15) is 0 Å². The Kier molecular flexibility index (Phi) is 3.09. The van der Waals surface area contributed by atoms with Crippen molar-refractivity contribution in [2.75, 3.05) is 13.1 Å². The molecule has 1 saturated heterocycles. The minimum atomic E-state index is -0.159. The van der Waals surface area contributed by atoms with E-state index in [1.807, 2.05) is 0 Å². The molecule has 0 aromatic heterocycles. The number of likely N-dealkylation sites (tertiary alicyclic amines) is 1. The van der Waals surface area contributed by atoms with Gasteiger partial charge in [-0.05, 0) is 25.3 Å². The Balaban J connectivity index is 2.46. The van der Waals surface area contributed by atoms with E-state index in [9.17, 15) is 4.79 Å². The maximum atomic E-state index is 11.0. The third-order valence-corrected chi connectivity index (χ3v) is 2.29. The number of amides is 1. The monoisotopic (exact) mass is 175 g/mol. The van der Waals surface area contributed by atoms with E-state index in [-0.39, 0.29) is 11.9 Å². The molecule has 3 heteroatoms. The topological polar surface area (TPSA) is 46.3 Å². The Morgan fingerprint density at radius 3 is 2.83 bits per heavy atom. The highest BCUT2D eigenvalue weighted by molar-refractivity contribution is 5.80. The SMILES string of the molecule is [13CH3][13CH]([13CH3])[13CH2]N1CCCC1C([15NH2])=O. The maximum absolute atomic E-state index is 11.0. The average molecular weight is 175 g/mol. The summed E-state index contributed by atoms with van der Waals surface area (Å²) in [5.74, 6) is 0.457. The highest BCUT2D eigenvalue weighted by Gasteiger charge is 2.28. The van der Waals surface area contributed by atoms with E-state index >= 15 is 0 Å². The predicted molar refractivity (Wildman–Crippen MR) is 48.6 cm³/mol. The lowest BCUT2D eigenvalue weighted by molar-refractivity contribution is -0.122. The second-order valence-corrected chi connectivity index (χ2v) is 3.95. The van der Waals surface area contributed by atoms with Crippen LogP contribution in [-0.4, -0.2) is 29.9 Å². The van der Waals surface area contributed by atoms with Crippen LogP contribution >= 0.6 is 0 Å². The quantitative estimate of drug-likeness (QED) is 0.504. The summed E-state index contributed by atoms with van der Waals surface area (Å²) in [4.78, 5) is 13.2. The highest BCUT2D eigenvalue weighted by Crippen LogP contribution is 2.17. The smallest absolute Gasteiger partial charge is 0.234 e. The standard InChI is InChI=1S/C9H18N2O/c1-7(2)6-11-5-3-4-8(11)9(10)12/h7-8H,3-6H2,1-2H3,(H2,10,12)/i1+1,2+1,6+1,7+1,10+1. The van der Waals surface area contributed by atoms with Gasteiger partial charge in [0.05, 0.1) is 6.04 Å². The van der Waals surface area contributed by atoms with E-state index in [1.54, 1.807) is 0 Å². The van der Waals surface area contributed by atoms with Crippen molar-refractivity contribution in [2.24, 2.45) is 11.7 Å². The Hall–Kier alpha value is -0.570. The lowest BCUT2D eigenvalue weighted by Gasteiger charge is -2.23. The van der Waals surface area contributed by atoms with Gasteiger partial charge in [0.25, 0.3) is 0 Å². The van der Waals surface area contributed by atoms with Crippen molar-refractivity contribution >= 4 is 5.91 Å². The molecular formula is C9H18N2O. The van der Waals surface area contributed by atoms with E-state index in [0.29, 0.717) is 5.92 Å². The molecular weight excluding hydrogens is 157 g/mol. The van der Waals surface area contributed by atoms with E-state index in [1.165, 1.54) is 0 Å². The molecule has 1 fully saturated rings. The lowest BCUT2D eigenvalue weighted by atomic mass is 10.2. The fourth-order valence-corrected chi connectivity index (χ4v) is 1.84. The lowest BCUT2D eigenvalue weighted by Crippen LogP contribution is -2.41. The molecule has 0 saturated carbocycles. The van der Waals surface area contributed by atoms with E-state index in [0.717, 1.165) is 25.9 Å². The Morgan fingerprint density at radius 2 is 2.33 bits per heavy atom. The molecule has 1 heterocycles. The van der Waals surface area contributed by atoms with Crippen LogP contribution in [0.15, 0.2) is 0 Å². The third kappa shape index (κ3) is 2.21. The minimum Gasteiger partial charge on any atom is -0.368 e. The molecule has 0 radical (unpaired) electrons. The number of rotatable bonds is 3. The summed E-state index contributed by atoms with van der Waals surface area (Å²) in [6, 6.07) is 0.00685. The van der Waals surface area contributed by atoms with Gasteiger partial charge >= 0.3 is 0 Å². The number of carbonyl (C=O) groups is 1. The van der Waals surface area contributed by atoms with E-state index in [4.69, 9.17) is 5.73 Å². The van der Waals surface area contributed by atoms with Crippen LogP contribution in [0.2, 0.25) is 0 Å². The predicted octanol–water partition coefficient (Wildman–Crippen LogP) is 0.592.